The predicted octanol–water partition coefficient (Wildman–Crippen LogP) is 8.40. The lowest BCUT2D eigenvalue weighted by Crippen LogP contribution is -2.34. The average Bonchev–Trinajstić information content (AvgIpc) is 3.81. The van der Waals surface area contributed by atoms with E-state index in [0.717, 1.165) is 47.7 Å². The Labute approximate surface area is 350 Å². The Kier molecular flexibility index (Phi) is 13.5. The monoisotopic (exact) mass is 839 g/mol. The fourth-order valence-corrected chi connectivity index (χ4v) is 8.15. The van der Waals surface area contributed by atoms with Crippen LogP contribution < -0.4 is 15.5 Å². The highest BCUT2D eigenvalue weighted by Gasteiger charge is 2.33. The third-order valence-electron chi connectivity index (χ3n) is 9.50. The Bertz CT molecular complexity index is 2380. The number of nitrogens with zero attached hydrogens (tertiary/aromatic N) is 9. The molecular formula is C42H47F2N11O2S2. The van der Waals surface area contributed by atoms with Crippen LogP contribution in [-0.2, 0) is 29.1 Å². The number of benzene rings is 2. The van der Waals surface area contributed by atoms with E-state index in [2.05, 4.69) is 52.8 Å². The first kappa shape index (κ1) is 42.9. The van der Waals surface area contributed by atoms with E-state index in [1.165, 1.54) is 23.5 Å². The molecule has 0 aliphatic carbocycles. The van der Waals surface area contributed by atoms with Gasteiger partial charge >= 0.3 is 0 Å². The van der Waals surface area contributed by atoms with Crippen molar-refractivity contribution in [2.24, 2.45) is 0 Å². The molecule has 0 bridgehead atoms. The van der Waals surface area contributed by atoms with Gasteiger partial charge in [-0.15, -0.1) is 20.4 Å². The summed E-state index contributed by atoms with van der Waals surface area (Å²) in [5, 5.41) is 24.5. The molecule has 59 heavy (non-hydrogen) atoms. The molecule has 0 fully saturated rings. The molecule has 0 unspecified atom stereocenters. The van der Waals surface area contributed by atoms with E-state index in [9.17, 15) is 18.4 Å². The molecule has 0 saturated heterocycles. The fourth-order valence-electron chi connectivity index (χ4n) is 6.14. The van der Waals surface area contributed by atoms with Crippen LogP contribution in [0.4, 0.5) is 26.0 Å². The summed E-state index contributed by atoms with van der Waals surface area (Å²) in [4.78, 5) is 36.7. The summed E-state index contributed by atoms with van der Waals surface area (Å²) in [5.41, 5.74) is 3.55. The van der Waals surface area contributed by atoms with E-state index in [1.807, 2.05) is 99.0 Å². The molecule has 2 N–H and O–H groups in total. The smallest absolute Gasteiger partial charge is 0.240 e. The number of pyridine rings is 2. The molecule has 0 saturated carbocycles. The lowest BCUT2D eigenvalue weighted by atomic mass is 10.1. The molecule has 308 valence electrons. The molecule has 0 aliphatic heterocycles. The first-order valence-corrected chi connectivity index (χ1v) is 20.9. The van der Waals surface area contributed by atoms with E-state index in [1.54, 1.807) is 24.6 Å². The van der Waals surface area contributed by atoms with Crippen LogP contribution in [-0.4, -0.2) is 73.9 Å². The second-order valence-electron chi connectivity index (χ2n) is 14.5. The maximum atomic E-state index is 13.8. The van der Waals surface area contributed by atoms with E-state index in [4.69, 9.17) is 0 Å². The van der Waals surface area contributed by atoms with Gasteiger partial charge in [0.15, 0.2) is 22.0 Å². The van der Waals surface area contributed by atoms with Gasteiger partial charge in [-0.05, 0) is 96.8 Å². The van der Waals surface area contributed by atoms with Crippen LogP contribution in [0.5, 0.6) is 0 Å². The molecule has 0 atom stereocenters. The Balaban J connectivity index is 1.07. The quantitative estimate of drug-likeness (QED) is 0.0674. The van der Waals surface area contributed by atoms with Gasteiger partial charge in [0.25, 0.3) is 0 Å². The first-order chi connectivity index (χ1) is 28.2. The largest absolute Gasteiger partial charge is 0.357 e. The van der Waals surface area contributed by atoms with Crippen LogP contribution in [0.3, 0.4) is 0 Å². The van der Waals surface area contributed by atoms with Crippen LogP contribution in [0, 0.1) is 11.9 Å². The summed E-state index contributed by atoms with van der Waals surface area (Å²) in [6.45, 7) is 15.8. The lowest BCUT2D eigenvalue weighted by Gasteiger charge is -2.23. The Morgan fingerprint density at radius 1 is 0.695 bits per heavy atom. The number of aromatic nitrogens is 8. The molecule has 2 aromatic carbocycles. The molecule has 13 nitrogen and oxygen atoms in total. The van der Waals surface area contributed by atoms with Gasteiger partial charge < -0.3 is 24.7 Å². The van der Waals surface area contributed by atoms with E-state index in [0.29, 0.717) is 41.5 Å². The van der Waals surface area contributed by atoms with Crippen molar-refractivity contribution >= 4 is 52.5 Å². The topological polar surface area (TPSA) is 149 Å². The van der Waals surface area contributed by atoms with Crippen molar-refractivity contribution < 1.29 is 18.4 Å². The minimum Gasteiger partial charge on any atom is -0.357 e. The van der Waals surface area contributed by atoms with Crippen molar-refractivity contribution in [2.45, 2.75) is 87.8 Å². The van der Waals surface area contributed by atoms with E-state index < -0.39 is 21.4 Å². The predicted molar refractivity (Wildman–Crippen MR) is 229 cm³/mol. The number of anilines is 3. The maximum absolute atomic E-state index is 13.8. The number of halogens is 2. The van der Waals surface area contributed by atoms with Gasteiger partial charge in [0.2, 0.25) is 23.7 Å². The second kappa shape index (κ2) is 18.5. The van der Waals surface area contributed by atoms with Gasteiger partial charge in [-0.3, -0.25) is 9.59 Å². The van der Waals surface area contributed by atoms with Crippen molar-refractivity contribution in [2.75, 3.05) is 28.6 Å². The summed E-state index contributed by atoms with van der Waals surface area (Å²) < 4.78 is 29.6. The van der Waals surface area contributed by atoms with Crippen molar-refractivity contribution in [1.82, 2.24) is 39.5 Å². The SMILES string of the molecule is CCN(CCc1ccc(NC(=O)C(C)(C)Sc2nnc(-c3cc(F)nc(F)c3)n2CC)cc1)c1cc(-c2nnc(SC(C)(C)C(=O)Nc3ccccc3)n2CC)ccn1. The third kappa shape index (κ3) is 10.3. The number of carbonyl (C=O) groups is 2. The Morgan fingerprint density at radius 2 is 1.22 bits per heavy atom. The Hall–Kier alpha value is -5.68. The average molecular weight is 840 g/mol. The Morgan fingerprint density at radius 3 is 1.75 bits per heavy atom. The molecular weight excluding hydrogens is 793 g/mol. The fraction of sp³-hybridized carbons (Fsp3) is 0.333. The zero-order chi connectivity index (χ0) is 42.3. The maximum Gasteiger partial charge on any atom is 0.240 e. The highest BCUT2D eigenvalue weighted by atomic mass is 32.2. The summed E-state index contributed by atoms with van der Waals surface area (Å²) in [7, 11) is 0. The molecule has 0 spiro atoms. The third-order valence-corrected chi connectivity index (χ3v) is 11.9. The minimum atomic E-state index is -0.964. The molecule has 0 radical (unpaired) electrons. The molecule has 17 heteroatoms. The number of nitrogens with one attached hydrogen (secondary N) is 2. The highest BCUT2D eigenvalue weighted by Crippen LogP contribution is 2.36. The number of thioether (sulfide) groups is 2. The zero-order valence-electron chi connectivity index (χ0n) is 34.0. The van der Waals surface area contributed by atoms with Gasteiger partial charge in [0.05, 0.1) is 9.49 Å². The summed E-state index contributed by atoms with van der Waals surface area (Å²) in [6, 6.07) is 23.3. The number of rotatable bonds is 17. The van der Waals surface area contributed by atoms with Gasteiger partial charge in [0.1, 0.15) is 5.82 Å². The van der Waals surface area contributed by atoms with Crippen LogP contribution in [0.25, 0.3) is 22.8 Å². The molecule has 0 aliphatic rings. The molecule has 2 amide bonds. The van der Waals surface area contributed by atoms with Gasteiger partial charge in [0, 0.05) is 67.0 Å². The van der Waals surface area contributed by atoms with Crippen molar-refractivity contribution in [1.29, 1.82) is 0 Å². The number of para-hydroxylation sites is 1. The van der Waals surface area contributed by atoms with Gasteiger partial charge in [-0.2, -0.15) is 13.8 Å². The zero-order valence-corrected chi connectivity index (χ0v) is 35.7. The van der Waals surface area contributed by atoms with E-state index >= 15 is 0 Å². The van der Waals surface area contributed by atoms with Crippen molar-refractivity contribution in [3.63, 3.8) is 0 Å². The standard InChI is InChI=1S/C42H47F2N11O2S2/c1-8-53(34-26-28(20-22-45-34)35-49-51-39(54(35)9-2)58-41(4,5)37(56)46-30-14-12-11-13-15-30)23-21-27-16-18-31(19-17-27)47-38(57)42(6,7)59-40-52-50-36(55(40)10-3)29-24-32(43)48-33(44)25-29/h11-20,22,24-26H,8-10,21,23H2,1-7H3,(H,46,56)(H,47,57). The van der Waals surface area contributed by atoms with Crippen LogP contribution in [0.15, 0.2) is 95.4 Å². The molecule has 6 aromatic rings. The number of hydrogen-bond acceptors (Lipinski definition) is 11. The van der Waals surface area contributed by atoms with Crippen LogP contribution in [0.2, 0.25) is 0 Å². The molecule has 6 rings (SSSR count). The second-order valence-corrected chi connectivity index (χ2v) is 17.7. The summed E-state index contributed by atoms with van der Waals surface area (Å²) in [6.07, 6.45) is 2.51. The van der Waals surface area contributed by atoms with Crippen molar-refractivity contribution in [3.8, 4) is 22.8 Å². The lowest BCUT2D eigenvalue weighted by molar-refractivity contribution is -0.118. The summed E-state index contributed by atoms with van der Waals surface area (Å²) in [5.74, 6) is -0.493. The highest BCUT2D eigenvalue weighted by molar-refractivity contribution is 8.01. The number of likely N-dealkylation sites (N-methyl/N-ethyl adjacent to an activating group) is 1. The number of amides is 2. The molecule has 4 aromatic heterocycles. The summed E-state index contributed by atoms with van der Waals surface area (Å²) >= 11 is 2.58. The number of hydrogen-bond donors (Lipinski definition) is 2. The normalized spacial score (nSPS) is 11.7. The van der Waals surface area contributed by atoms with Gasteiger partial charge in [-0.1, -0.05) is 53.9 Å². The number of carbonyl (C=O) groups excluding carboxylic acids is 2. The minimum absolute atomic E-state index is 0.128. The van der Waals surface area contributed by atoms with Crippen LogP contribution >= 0.6 is 23.5 Å². The van der Waals surface area contributed by atoms with E-state index in [-0.39, 0.29) is 23.2 Å². The van der Waals surface area contributed by atoms with Crippen molar-refractivity contribution in [3.05, 3.63) is 103 Å². The van der Waals surface area contributed by atoms with Crippen LogP contribution in [0.1, 0.15) is 54.0 Å². The van der Waals surface area contributed by atoms with Gasteiger partial charge in [-0.25, -0.2) is 4.98 Å². The molecule has 4 heterocycles. The first-order valence-electron chi connectivity index (χ1n) is 19.3.